The lowest BCUT2D eigenvalue weighted by Crippen LogP contribution is -2.26. The summed E-state index contributed by atoms with van der Waals surface area (Å²) in [6.07, 6.45) is -4.51. The standard InChI is InChI=1S/C12H11F3N2O2S/c1-6-7-2-3-8(12(13,14)15)17-11(7)20-9(6)10(19)16-4-5-18/h2-3,18H,4-5H2,1H3,(H,16,19). The summed E-state index contributed by atoms with van der Waals surface area (Å²) in [7, 11) is 0. The van der Waals surface area contributed by atoms with Crippen molar-refractivity contribution < 1.29 is 23.1 Å². The predicted octanol–water partition coefficient (Wildman–Crippen LogP) is 2.35. The van der Waals surface area contributed by atoms with Crippen LogP contribution in [-0.2, 0) is 6.18 Å². The molecule has 0 aromatic carbocycles. The molecule has 0 atom stereocenters. The first-order chi connectivity index (χ1) is 9.34. The summed E-state index contributed by atoms with van der Waals surface area (Å²) in [5.41, 5.74) is -0.393. The van der Waals surface area contributed by atoms with E-state index in [2.05, 4.69) is 10.3 Å². The Morgan fingerprint density at radius 2 is 2.15 bits per heavy atom. The van der Waals surface area contributed by atoms with Crippen molar-refractivity contribution in [2.24, 2.45) is 0 Å². The van der Waals surface area contributed by atoms with Gasteiger partial charge in [0.2, 0.25) is 0 Å². The number of aromatic nitrogens is 1. The first kappa shape index (κ1) is 14.7. The number of amides is 1. The van der Waals surface area contributed by atoms with Crippen LogP contribution in [0.3, 0.4) is 0 Å². The molecular weight excluding hydrogens is 293 g/mol. The van der Waals surface area contributed by atoms with Crippen LogP contribution in [0.5, 0.6) is 0 Å². The molecule has 0 aliphatic rings. The van der Waals surface area contributed by atoms with E-state index >= 15 is 0 Å². The minimum Gasteiger partial charge on any atom is -0.395 e. The van der Waals surface area contributed by atoms with E-state index in [1.165, 1.54) is 6.07 Å². The molecule has 108 valence electrons. The fraction of sp³-hybridized carbons (Fsp3) is 0.333. The van der Waals surface area contributed by atoms with Crippen molar-refractivity contribution in [1.82, 2.24) is 10.3 Å². The Kier molecular flexibility index (Phi) is 3.96. The largest absolute Gasteiger partial charge is 0.433 e. The van der Waals surface area contributed by atoms with Gasteiger partial charge in [-0.2, -0.15) is 13.2 Å². The molecule has 0 bridgehead atoms. The molecule has 0 spiro atoms. The van der Waals surface area contributed by atoms with E-state index < -0.39 is 17.8 Å². The molecule has 0 saturated carbocycles. The average Bonchev–Trinajstić information content (AvgIpc) is 2.72. The second-order valence-electron chi connectivity index (χ2n) is 4.08. The van der Waals surface area contributed by atoms with Gasteiger partial charge in [0.1, 0.15) is 10.5 Å². The van der Waals surface area contributed by atoms with Gasteiger partial charge in [-0.3, -0.25) is 4.79 Å². The number of carbonyl (C=O) groups excluding carboxylic acids is 1. The molecule has 20 heavy (non-hydrogen) atoms. The van der Waals surface area contributed by atoms with Crippen LogP contribution >= 0.6 is 11.3 Å². The van der Waals surface area contributed by atoms with Gasteiger partial charge in [-0.25, -0.2) is 4.98 Å². The molecule has 2 N–H and O–H groups in total. The first-order valence-corrected chi connectivity index (χ1v) is 6.52. The summed E-state index contributed by atoms with van der Waals surface area (Å²) in [4.78, 5) is 15.8. The Labute approximate surface area is 116 Å². The number of hydrogen-bond donors (Lipinski definition) is 2. The number of aryl methyl sites for hydroxylation is 1. The summed E-state index contributed by atoms with van der Waals surface area (Å²) in [6, 6.07) is 2.22. The highest BCUT2D eigenvalue weighted by molar-refractivity contribution is 7.20. The number of nitrogens with zero attached hydrogens (tertiary/aromatic N) is 1. The normalized spacial score (nSPS) is 11.8. The van der Waals surface area contributed by atoms with Gasteiger partial charge < -0.3 is 10.4 Å². The smallest absolute Gasteiger partial charge is 0.395 e. The van der Waals surface area contributed by atoms with Crippen LogP contribution in [0.25, 0.3) is 10.2 Å². The SMILES string of the molecule is Cc1c(C(=O)NCCO)sc2nc(C(F)(F)F)ccc12. The molecule has 2 aromatic heterocycles. The van der Waals surface area contributed by atoms with Crippen molar-refractivity contribution in [3.63, 3.8) is 0 Å². The maximum atomic E-state index is 12.6. The van der Waals surface area contributed by atoms with E-state index in [0.29, 0.717) is 15.8 Å². The van der Waals surface area contributed by atoms with Gasteiger partial charge in [0.15, 0.2) is 0 Å². The third-order valence-corrected chi connectivity index (χ3v) is 3.90. The molecule has 4 nitrogen and oxygen atoms in total. The molecule has 2 aromatic rings. The number of hydrogen-bond acceptors (Lipinski definition) is 4. The third-order valence-electron chi connectivity index (χ3n) is 2.70. The second-order valence-corrected chi connectivity index (χ2v) is 5.08. The van der Waals surface area contributed by atoms with Gasteiger partial charge in [-0.05, 0) is 24.6 Å². The zero-order valence-electron chi connectivity index (χ0n) is 10.4. The Morgan fingerprint density at radius 1 is 1.45 bits per heavy atom. The molecule has 0 saturated heterocycles. The number of nitrogens with one attached hydrogen (secondary N) is 1. The van der Waals surface area contributed by atoms with Crippen LogP contribution in [0.15, 0.2) is 12.1 Å². The Morgan fingerprint density at radius 3 is 2.75 bits per heavy atom. The number of fused-ring (bicyclic) bond motifs is 1. The van der Waals surface area contributed by atoms with E-state index in [0.717, 1.165) is 17.4 Å². The summed E-state index contributed by atoms with van der Waals surface area (Å²) >= 11 is 0.908. The molecule has 8 heteroatoms. The van der Waals surface area contributed by atoms with Gasteiger partial charge >= 0.3 is 6.18 Å². The van der Waals surface area contributed by atoms with Gasteiger partial charge in [-0.15, -0.1) is 11.3 Å². The third kappa shape index (κ3) is 2.75. The number of aliphatic hydroxyl groups is 1. The Balaban J connectivity index is 2.44. The summed E-state index contributed by atoms with van der Waals surface area (Å²) in [5, 5.41) is 11.6. The number of pyridine rings is 1. The minimum absolute atomic E-state index is 0.0910. The summed E-state index contributed by atoms with van der Waals surface area (Å²) in [6.45, 7) is 1.54. The van der Waals surface area contributed by atoms with Crippen LogP contribution in [-0.4, -0.2) is 29.1 Å². The lowest BCUT2D eigenvalue weighted by atomic mass is 10.2. The molecule has 0 fully saturated rings. The van der Waals surface area contributed by atoms with E-state index in [1.807, 2.05) is 0 Å². The number of thiophene rings is 1. The molecule has 0 radical (unpaired) electrons. The molecule has 0 aliphatic carbocycles. The van der Waals surface area contributed by atoms with Gasteiger partial charge in [0, 0.05) is 11.9 Å². The quantitative estimate of drug-likeness (QED) is 0.915. The summed E-state index contributed by atoms with van der Waals surface area (Å²) < 4.78 is 37.7. The molecular formula is C12H11F3N2O2S. The number of carbonyl (C=O) groups is 1. The van der Waals surface area contributed by atoms with Crippen molar-refractivity contribution >= 4 is 27.5 Å². The van der Waals surface area contributed by atoms with Gasteiger partial charge in [0.25, 0.3) is 5.91 Å². The van der Waals surface area contributed by atoms with Crippen LogP contribution in [0.1, 0.15) is 20.9 Å². The predicted molar refractivity (Wildman–Crippen MR) is 68.8 cm³/mol. The number of aliphatic hydroxyl groups excluding tert-OH is 1. The van der Waals surface area contributed by atoms with Crippen LogP contribution < -0.4 is 5.32 Å². The number of halogens is 3. The maximum Gasteiger partial charge on any atom is 0.433 e. The van der Waals surface area contributed by atoms with Crippen molar-refractivity contribution in [1.29, 1.82) is 0 Å². The number of rotatable bonds is 3. The topological polar surface area (TPSA) is 62.2 Å². The van der Waals surface area contributed by atoms with Crippen molar-refractivity contribution in [2.75, 3.05) is 13.2 Å². The summed E-state index contributed by atoms with van der Waals surface area (Å²) in [5.74, 6) is -0.423. The van der Waals surface area contributed by atoms with E-state index in [9.17, 15) is 18.0 Å². The van der Waals surface area contributed by atoms with Crippen molar-refractivity contribution in [3.05, 3.63) is 28.3 Å². The highest BCUT2D eigenvalue weighted by Gasteiger charge is 2.33. The molecule has 1 amide bonds. The van der Waals surface area contributed by atoms with Crippen LogP contribution in [0, 0.1) is 6.92 Å². The van der Waals surface area contributed by atoms with Crippen LogP contribution in [0.4, 0.5) is 13.2 Å². The van der Waals surface area contributed by atoms with Gasteiger partial charge in [-0.1, -0.05) is 0 Å². The lowest BCUT2D eigenvalue weighted by Gasteiger charge is -2.04. The van der Waals surface area contributed by atoms with E-state index in [1.54, 1.807) is 6.92 Å². The molecule has 0 unspecified atom stereocenters. The average molecular weight is 304 g/mol. The fourth-order valence-corrected chi connectivity index (χ4v) is 2.82. The lowest BCUT2D eigenvalue weighted by molar-refractivity contribution is -0.140. The van der Waals surface area contributed by atoms with Gasteiger partial charge in [0.05, 0.1) is 11.5 Å². The first-order valence-electron chi connectivity index (χ1n) is 5.71. The van der Waals surface area contributed by atoms with Crippen LogP contribution in [0.2, 0.25) is 0 Å². The molecule has 0 aliphatic heterocycles. The fourth-order valence-electron chi connectivity index (χ4n) is 1.72. The maximum absolute atomic E-state index is 12.6. The van der Waals surface area contributed by atoms with Crippen molar-refractivity contribution in [3.8, 4) is 0 Å². The van der Waals surface area contributed by atoms with E-state index in [-0.39, 0.29) is 18.0 Å². The number of alkyl halides is 3. The Bertz CT molecular complexity index is 652. The highest BCUT2D eigenvalue weighted by Crippen LogP contribution is 2.34. The van der Waals surface area contributed by atoms with E-state index in [4.69, 9.17) is 5.11 Å². The highest BCUT2D eigenvalue weighted by atomic mass is 32.1. The zero-order valence-corrected chi connectivity index (χ0v) is 11.2. The zero-order chi connectivity index (χ0) is 14.9. The molecule has 2 rings (SSSR count). The monoisotopic (exact) mass is 304 g/mol. The van der Waals surface area contributed by atoms with Crippen molar-refractivity contribution in [2.45, 2.75) is 13.1 Å². The minimum atomic E-state index is -4.51. The second kappa shape index (κ2) is 5.37. The Hall–Kier alpha value is -1.67. The molecule has 2 heterocycles.